The Balaban J connectivity index is 2.25. The largest absolute Gasteiger partial charge is 0.353 e. The minimum Gasteiger partial charge on any atom is -0.353 e. The van der Waals surface area contributed by atoms with Crippen molar-refractivity contribution in [3.63, 3.8) is 0 Å². The van der Waals surface area contributed by atoms with E-state index in [1.165, 1.54) is 11.1 Å². The molecule has 0 aromatic heterocycles. The molecule has 3 heteroatoms. The maximum Gasteiger partial charge on any atom is 0.169 e. The highest BCUT2D eigenvalue weighted by atomic mass is 16.7. The molecule has 1 fully saturated rings. The normalized spacial score (nSPS) is 20.9. The lowest BCUT2D eigenvalue weighted by molar-refractivity contribution is -0.277. The zero-order chi connectivity index (χ0) is 12.5. The Morgan fingerprint density at radius 2 is 1.88 bits per heavy atom. The molecule has 0 unspecified atom stereocenters. The minimum absolute atomic E-state index is 0.0119. The average molecular weight is 235 g/mol. The summed E-state index contributed by atoms with van der Waals surface area (Å²) in [5, 5.41) is 0. The fourth-order valence-corrected chi connectivity index (χ4v) is 2.79. The van der Waals surface area contributed by atoms with Crippen LogP contribution in [0, 0.1) is 6.92 Å². The van der Waals surface area contributed by atoms with E-state index >= 15 is 0 Å². The van der Waals surface area contributed by atoms with Gasteiger partial charge in [0.2, 0.25) is 0 Å². The maximum absolute atomic E-state index is 5.97. The van der Waals surface area contributed by atoms with Crippen molar-refractivity contribution >= 4 is 0 Å². The minimum atomic E-state index is -0.441. The highest BCUT2D eigenvalue weighted by Crippen LogP contribution is 2.51. The molecule has 0 bridgehead atoms. The van der Waals surface area contributed by atoms with Crippen LogP contribution in [0.25, 0.3) is 0 Å². The van der Waals surface area contributed by atoms with Crippen molar-refractivity contribution in [2.45, 2.75) is 31.0 Å². The predicted molar refractivity (Wildman–Crippen MR) is 67.9 cm³/mol. The Morgan fingerprint density at radius 3 is 2.35 bits per heavy atom. The van der Waals surface area contributed by atoms with Crippen molar-refractivity contribution in [1.82, 2.24) is 0 Å². The Hall–Kier alpha value is -0.900. The zero-order valence-electron chi connectivity index (χ0n) is 10.8. The lowest BCUT2D eigenvalue weighted by Crippen LogP contribution is -2.60. The topological polar surface area (TPSA) is 44.5 Å². The van der Waals surface area contributed by atoms with Gasteiger partial charge in [-0.15, -0.1) is 0 Å². The number of methoxy groups -OCH3 is 2. The second kappa shape index (κ2) is 4.41. The summed E-state index contributed by atoms with van der Waals surface area (Å²) >= 11 is 0. The lowest BCUT2D eigenvalue weighted by Gasteiger charge is -2.54. The van der Waals surface area contributed by atoms with Gasteiger partial charge in [-0.25, -0.2) is 0 Å². The van der Waals surface area contributed by atoms with E-state index in [9.17, 15) is 0 Å². The van der Waals surface area contributed by atoms with Gasteiger partial charge in [0.15, 0.2) is 5.79 Å². The molecule has 0 spiro atoms. The fourth-order valence-electron chi connectivity index (χ4n) is 2.79. The number of hydrogen-bond acceptors (Lipinski definition) is 3. The molecule has 0 saturated heterocycles. The molecule has 2 N–H and O–H groups in total. The van der Waals surface area contributed by atoms with Gasteiger partial charge in [-0.2, -0.15) is 0 Å². The summed E-state index contributed by atoms with van der Waals surface area (Å²) in [6.07, 6.45) is 1.65. The number of rotatable bonds is 4. The first kappa shape index (κ1) is 12.6. The third kappa shape index (κ3) is 1.99. The van der Waals surface area contributed by atoms with E-state index in [-0.39, 0.29) is 5.41 Å². The third-order valence-electron chi connectivity index (χ3n) is 3.98. The molecule has 0 amide bonds. The smallest absolute Gasteiger partial charge is 0.169 e. The quantitative estimate of drug-likeness (QED) is 0.812. The number of nitrogens with two attached hydrogens (primary N) is 1. The molecule has 1 aliphatic carbocycles. The molecule has 0 atom stereocenters. The van der Waals surface area contributed by atoms with Crippen LogP contribution in [0.15, 0.2) is 24.3 Å². The summed E-state index contributed by atoms with van der Waals surface area (Å²) in [7, 11) is 3.39. The number of benzene rings is 1. The lowest BCUT2D eigenvalue weighted by atomic mass is 9.60. The summed E-state index contributed by atoms with van der Waals surface area (Å²) in [5.74, 6) is -0.441. The summed E-state index contributed by atoms with van der Waals surface area (Å²) in [5.41, 5.74) is 8.54. The standard InChI is InChI=1S/C14H21NO2/c1-11-5-4-6-12(7-11)13(10-15)8-14(9-13,16-2)17-3/h4-7H,8-10,15H2,1-3H3. The van der Waals surface area contributed by atoms with Gasteiger partial charge < -0.3 is 15.2 Å². The maximum atomic E-state index is 5.97. The van der Waals surface area contributed by atoms with Crippen LogP contribution in [0.2, 0.25) is 0 Å². The number of ether oxygens (including phenoxy) is 2. The summed E-state index contributed by atoms with van der Waals surface area (Å²) in [4.78, 5) is 0. The molecule has 1 aliphatic rings. The zero-order valence-corrected chi connectivity index (χ0v) is 10.8. The second-order valence-corrected chi connectivity index (χ2v) is 5.03. The molecule has 0 radical (unpaired) electrons. The molecular weight excluding hydrogens is 214 g/mol. The van der Waals surface area contributed by atoms with Crippen molar-refractivity contribution < 1.29 is 9.47 Å². The van der Waals surface area contributed by atoms with Crippen LogP contribution in [0.4, 0.5) is 0 Å². The molecule has 17 heavy (non-hydrogen) atoms. The Kier molecular flexibility index (Phi) is 3.25. The van der Waals surface area contributed by atoms with Gasteiger partial charge in [-0.3, -0.25) is 0 Å². The van der Waals surface area contributed by atoms with E-state index in [1.54, 1.807) is 14.2 Å². The van der Waals surface area contributed by atoms with E-state index in [0.717, 1.165) is 12.8 Å². The van der Waals surface area contributed by atoms with Crippen molar-refractivity contribution in [2.24, 2.45) is 5.73 Å². The van der Waals surface area contributed by atoms with Crippen LogP contribution in [0.3, 0.4) is 0 Å². The van der Waals surface area contributed by atoms with Gasteiger partial charge in [0.25, 0.3) is 0 Å². The van der Waals surface area contributed by atoms with E-state index < -0.39 is 5.79 Å². The molecule has 1 aromatic carbocycles. The third-order valence-corrected chi connectivity index (χ3v) is 3.98. The molecule has 1 aromatic rings. The first-order valence-electron chi connectivity index (χ1n) is 5.97. The van der Waals surface area contributed by atoms with Crippen molar-refractivity contribution in [2.75, 3.05) is 20.8 Å². The Labute approximate surface area is 103 Å². The van der Waals surface area contributed by atoms with Gasteiger partial charge in [-0.05, 0) is 12.5 Å². The average Bonchev–Trinajstić information content (AvgIpc) is 2.30. The molecule has 3 nitrogen and oxygen atoms in total. The van der Waals surface area contributed by atoms with E-state index in [2.05, 4.69) is 31.2 Å². The molecule has 2 rings (SSSR count). The molecule has 0 aliphatic heterocycles. The summed E-state index contributed by atoms with van der Waals surface area (Å²) in [6, 6.07) is 8.55. The van der Waals surface area contributed by atoms with Gasteiger partial charge in [0, 0.05) is 39.0 Å². The van der Waals surface area contributed by atoms with Crippen molar-refractivity contribution in [1.29, 1.82) is 0 Å². The Morgan fingerprint density at radius 1 is 1.24 bits per heavy atom. The summed E-state index contributed by atoms with van der Waals surface area (Å²) < 4.78 is 10.9. The molecule has 1 saturated carbocycles. The first-order valence-corrected chi connectivity index (χ1v) is 5.97. The van der Waals surface area contributed by atoms with Crippen LogP contribution in [-0.4, -0.2) is 26.6 Å². The Bertz CT molecular complexity index is 391. The molecule has 0 heterocycles. The van der Waals surface area contributed by atoms with Crippen LogP contribution in [0.5, 0.6) is 0 Å². The molecule has 94 valence electrons. The van der Waals surface area contributed by atoms with Crippen LogP contribution < -0.4 is 5.73 Å². The fraction of sp³-hybridized carbons (Fsp3) is 0.571. The predicted octanol–water partition coefficient (Wildman–Crippen LogP) is 1.97. The van der Waals surface area contributed by atoms with Crippen molar-refractivity contribution in [3.05, 3.63) is 35.4 Å². The second-order valence-electron chi connectivity index (χ2n) is 5.03. The van der Waals surface area contributed by atoms with Gasteiger partial charge >= 0.3 is 0 Å². The highest BCUT2D eigenvalue weighted by Gasteiger charge is 2.55. The van der Waals surface area contributed by atoms with Gasteiger partial charge in [-0.1, -0.05) is 29.8 Å². The summed E-state index contributed by atoms with van der Waals surface area (Å²) in [6.45, 7) is 2.73. The van der Waals surface area contributed by atoms with Crippen LogP contribution in [0.1, 0.15) is 24.0 Å². The van der Waals surface area contributed by atoms with Crippen LogP contribution in [-0.2, 0) is 14.9 Å². The SMILES string of the molecule is COC1(OC)CC(CN)(c2cccc(C)c2)C1. The number of hydrogen-bond donors (Lipinski definition) is 1. The monoisotopic (exact) mass is 235 g/mol. The van der Waals surface area contributed by atoms with Gasteiger partial charge in [0.05, 0.1) is 0 Å². The molecular formula is C14H21NO2. The first-order chi connectivity index (χ1) is 8.10. The highest BCUT2D eigenvalue weighted by molar-refractivity contribution is 5.34. The van der Waals surface area contributed by atoms with Crippen LogP contribution >= 0.6 is 0 Å². The van der Waals surface area contributed by atoms with E-state index in [1.807, 2.05) is 0 Å². The number of aryl methyl sites for hydroxylation is 1. The van der Waals surface area contributed by atoms with Crippen molar-refractivity contribution in [3.8, 4) is 0 Å². The van der Waals surface area contributed by atoms with E-state index in [4.69, 9.17) is 15.2 Å². The van der Waals surface area contributed by atoms with E-state index in [0.29, 0.717) is 6.54 Å². The van der Waals surface area contributed by atoms with Gasteiger partial charge in [0.1, 0.15) is 0 Å².